The van der Waals surface area contributed by atoms with Gasteiger partial charge in [0.15, 0.2) is 0 Å². The number of nitrogens with one attached hydrogen (secondary N) is 3. The molecule has 3 aromatic rings. The van der Waals surface area contributed by atoms with E-state index < -0.39 is 17.2 Å². The molecule has 0 saturated carbocycles. The van der Waals surface area contributed by atoms with Gasteiger partial charge in [-0.05, 0) is 30.7 Å². The van der Waals surface area contributed by atoms with Crippen molar-refractivity contribution in [2.45, 2.75) is 12.8 Å². The van der Waals surface area contributed by atoms with Gasteiger partial charge in [-0.15, -0.1) is 0 Å². The lowest BCUT2D eigenvalue weighted by molar-refractivity contribution is -0.117. The van der Waals surface area contributed by atoms with E-state index in [1.165, 1.54) is 6.20 Å². The molecule has 2 heterocycles. The summed E-state index contributed by atoms with van der Waals surface area (Å²) in [6.45, 7) is 0.292. The van der Waals surface area contributed by atoms with Gasteiger partial charge in [-0.3, -0.25) is 19.2 Å². The zero-order valence-electron chi connectivity index (χ0n) is 16.1. The quantitative estimate of drug-likeness (QED) is 0.604. The van der Waals surface area contributed by atoms with Gasteiger partial charge in [-0.2, -0.15) is 0 Å². The van der Waals surface area contributed by atoms with Crippen molar-refractivity contribution in [3.63, 3.8) is 0 Å². The molecule has 1 aliphatic heterocycles. The number of aromatic amines is 1. The number of anilines is 2. The summed E-state index contributed by atoms with van der Waals surface area (Å²) in [6.07, 6.45) is 2.60. The molecule has 3 amide bonds. The number of benzene rings is 2. The minimum Gasteiger partial charge on any atom is -0.360 e. The Kier molecular flexibility index (Phi) is 5.30. The molecule has 4 rings (SSSR count). The van der Waals surface area contributed by atoms with E-state index in [1.54, 1.807) is 53.4 Å². The second kappa shape index (κ2) is 8.20. The molecule has 1 saturated heterocycles. The summed E-state index contributed by atoms with van der Waals surface area (Å²) in [5.74, 6) is -1.08. The molecule has 30 heavy (non-hydrogen) atoms. The second-order valence-electron chi connectivity index (χ2n) is 6.97. The minimum atomic E-state index is -0.639. The zero-order chi connectivity index (χ0) is 21.1. The number of hydrogen-bond donors (Lipinski definition) is 3. The van der Waals surface area contributed by atoms with E-state index in [2.05, 4.69) is 15.6 Å². The number of H-pyrrole nitrogens is 1. The fourth-order valence-corrected chi connectivity index (χ4v) is 3.50. The van der Waals surface area contributed by atoms with Crippen LogP contribution in [0.4, 0.5) is 11.4 Å². The van der Waals surface area contributed by atoms with Crippen molar-refractivity contribution < 1.29 is 14.4 Å². The molecule has 8 heteroatoms. The first-order valence-corrected chi connectivity index (χ1v) is 9.62. The fourth-order valence-electron chi connectivity index (χ4n) is 3.50. The lowest BCUT2D eigenvalue weighted by atomic mass is 10.1. The first-order valence-electron chi connectivity index (χ1n) is 9.62. The van der Waals surface area contributed by atoms with E-state index in [0.717, 1.165) is 6.42 Å². The standard InChI is InChI=1S/C22H20N4O4/c27-19(25-17-8-3-4-9-18(17)26-11-5-10-20(26)28)13-24-22(30)15-12-23-16-7-2-1-6-14(16)21(15)29/h1-4,6-9,12H,5,10-11,13H2,(H,23,29)(H,24,30)(H,25,27). The third-order valence-electron chi connectivity index (χ3n) is 4.98. The summed E-state index contributed by atoms with van der Waals surface area (Å²) in [7, 11) is 0. The largest absolute Gasteiger partial charge is 0.360 e. The number of carbonyl (C=O) groups excluding carboxylic acids is 3. The van der Waals surface area contributed by atoms with Crippen molar-refractivity contribution in [1.82, 2.24) is 10.3 Å². The molecule has 0 aliphatic carbocycles. The van der Waals surface area contributed by atoms with Gasteiger partial charge in [-0.1, -0.05) is 24.3 Å². The Hall–Kier alpha value is -3.94. The maximum absolute atomic E-state index is 12.5. The summed E-state index contributed by atoms with van der Waals surface area (Å²) in [4.78, 5) is 53.9. The Labute approximate surface area is 171 Å². The monoisotopic (exact) mass is 404 g/mol. The zero-order valence-corrected chi connectivity index (χ0v) is 16.1. The van der Waals surface area contributed by atoms with Crippen LogP contribution in [0.5, 0.6) is 0 Å². The normalized spacial score (nSPS) is 13.5. The van der Waals surface area contributed by atoms with Gasteiger partial charge in [0.1, 0.15) is 5.56 Å². The average Bonchev–Trinajstić information content (AvgIpc) is 3.18. The molecule has 1 fully saturated rings. The Balaban J connectivity index is 1.44. The van der Waals surface area contributed by atoms with Crippen LogP contribution in [0, 0.1) is 0 Å². The van der Waals surface area contributed by atoms with Crippen LogP contribution in [0.25, 0.3) is 10.9 Å². The van der Waals surface area contributed by atoms with Crippen molar-refractivity contribution in [3.8, 4) is 0 Å². The summed E-state index contributed by atoms with van der Waals surface area (Å²) in [5, 5.41) is 5.60. The van der Waals surface area contributed by atoms with E-state index in [4.69, 9.17) is 0 Å². The maximum Gasteiger partial charge on any atom is 0.257 e. The number of hydrogen-bond acceptors (Lipinski definition) is 4. The first-order chi connectivity index (χ1) is 14.5. The van der Waals surface area contributed by atoms with Crippen molar-refractivity contribution in [2.75, 3.05) is 23.3 Å². The highest BCUT2D eigenvalue weighted by atomic mass is 16.2. The second-order valence-corrected chi connectivity index (χ2v) is 6.97. The highest BCUT2D eigenvalue weighted by Gasteiger charge is 2.24. The van der Waals surface area contributed by atoms with Gasteiger partial charge in [0.05, 0.1) is 17.9 Å². The predicted molar refractivity (Wildman–Crippen MR) is 114 cm³/mol. The van der Waals surface area contributed by atoms with E-state index in [-0.39, 0.29) is 18.0 Å². The Morgan fingerprint density at radius 2 is 1.80 bits per heavy atom. The summed E-state index contributed by atoms with van der Waals surface area (Å²) in [6, 6.07) is 13.9. The molecule has 0 unspecified atom stereocenters. The molecule has 1 aliphatic rings. The number of amides is 3. The van der Waals surface area contributed by atoms with Crippen molar-refractivity contribution in [2.24, 2.45) is 0 Å². The molecule has 1 aromatic heterocycles. The maximum atomic E-state index is 12.5. The lowest BCUT2D eigenvalue weighted by Gasteiger charge is -2.20. The molecule has 152 valence electrons. The van der Waals surface area contributed by atoms with Gasteiger partial charge < -0.3 is 20.5 Å². The predicted octanol–water partition coefficient (Wildman–Crippen LogP) is 2.02. The first kappa shape index (κ1) is 19.4. The minimum absolute atomic E-state index is 0.0144. The van der Waals surface area contributed by atoms with Gasteiger partial charge >= 0.3 is 0 Å². The van der Waals surface area contributed by atoms with Crippen LogP contribution in [0.1, 0.15) is 23.2 Å². The molecule has 2 aromatic carbocycles. The van der Waals surface area contributed by atoms with Gasteiger partial charge in [0.25, 0.3) is 5.91 Å². The van der Waals surface area contributed by atoms with Crippen LogP contribution in [-0.2, 0) is 9.59 Å². The third kappa shape index (κ3) is 3.80. The van der Waals surface area contributed by atoms with Crippen LogP contribution < -0.4 is 21.0 Å². The van der Waals surface area contributed by atoms with Gasteiger partial charge in [0, 0.05) is 30.1 Å². The number of pyridine rings is 1. The molecular formula is C22H20N4O4. The van der Waals surface area contributed by atoms with Crippen LogP contribution >= 0.6 is 0 Å². The molecule has 0 spiro atoms. The molecule has 0 bridgehead atoms. The highest BCUT2D eigenvalue weighted by molar-refractivity contribution is 6.04. The lowest BCUT2D eigenvalue weighted by Crippen LogP contribution is -2.35. The SMILES string of the molecule is O=C(CNC(=O)c1c[nH]c2ccccc2c1=O)Nc1ccccc1N1CCCC1=O. The third-order valence-corrected chi connectivity index (χ3v) is 4.98. The highest BCUT2D eigenvalue weighted by Crippen LogP contribution is 2.29. The summed E-state index contributed by atoms with van der Waals surface area (Å²) in [5.41, 5.74) is 1.29. The number of rotatable bonds is 5. The van der Waals surface area contributed by atoms with Crippen molar-refractivity contribution in [1.29, 1.82) is 0 Å². The van der Waals surface area contributed by atoms with Crippen molar-refractivity contribution >= 4 is 40.0 Å². The number of para-hydroxylation sites is 3. The summed E-state index contributed by atoms with van der Waals surface area (Å²) < 4.78 is 0. The van der Waals surface area contributed by atoms with E-state index in [0.29, 0.717) is 35.2 Å². The average molecular weight is 404 g/mol. The number of nitrogens with zero attached hydrogens (tertiary/aromatic N) is 1. The number of fused-ring (bicyclic) bond motifs is 1. The van der Waals surface area contributed by atoms with E-state index >= 15 is 0 Å². The van der Waals surface area contributed by atoms with Crippen LogP contribution in [0.3, 0.4) is 0 Å². The number of aromatic nitrogens is 1. The van der Waals surface area contributed by atoms with Crippen LogP contribution in [0.2, 0.25) is 0 Å². The fraction of sp³-hybridized carbons (Fsp3) is 0.182. The Morgan fingerprint density at radius 1 is 1.03 bits per heavy atom. The van der Waals surface area contributed by atoms with Crippen LogP contribution in [-0.4, -0.2) is 35.8 Å². The smallest absolute Gasteiger partial charge is 0.257 e. The molecule has 0 radical (unpaired) electrons. The Morgan fingerprint density at radius 3 is 2.60 bits per heavy atom. The topological polar surface area (TPSA) is 111 Å². The molecule has 0 atom stereocenters. The molecule has 3 N–H and O–H groups in total. The molecular weight excluding hydrogens is 384 g/mol. The summed E-state index contributed by atoms with van der Waals surface area (Å²) >= 11 is 0. The van der Waals surface area contributed by atoms with Crippen molar-refractivity contribution in [3.05, 3.63) is 70.5 Å². The Bertz CT molecular complexity index is 1200. The van der Waals surface area contributed by atoms with Gasteiger partial charge in [0.2, 0.25) is 17.2 Å². The number of carbonyl (C=O) groups is 3. The van der Waals surface area contributed by atoms with E-state index in [9.17, 15) is 19.2 Å². The van der Waals surface area contributed by atoms with Crippen LogP contribution in [0.15, 0.2) is 59.5 Å². The molecule has 8 nitrogen and oxygen atoms in total. The van der Waals surface area contributed by atoms with Gasteiger partial charge in [-0.25, -0.2) is 0 Å². The van der Waals surface area contributed by atoms with E-state index in [1.807, 2.05) is 0 Å².